The second-order valence-electron chi connectivity index (χ2n) is 5.16. The van der Waals surface area contributed by atoms with Crippen molar-refractivity contribution >= 4 is 29.3 Å². The minimum absolute atomic E-state index is 0.263. The lowest BCUT2D eigenvalue weighted by Crippen LogP contribution is -2.40. The van der Waals surface area contributed by atoms with Crippen molar-refractivity contribution in [3.8, 4) is 0 Å². The number of Topliss-reactive ketones (excluding diaryl/α,β-unsaturated/α-hetero) is 1. The maximum Gasteiger partial charge on any atom is 0.326 e. The lowest BCUT2D eigenvalue weighted by Gasteiger charge is -2.18. The summed E-state index contributed by atoms with van der Waals surface area (Å²) in [7, 11) is 0. The van der Waals surface area contributed by atoms with Gasteiger partial charge in [-0.15, -0.1) is 0 Å². The largest absolute Gasteiger partial charge is 0.451 e. The molecule has 0 aliphatic carbocycles. The monoisotopic (exact) mass is 318 g/mol. The minimum Gasteiger partial charge on any atom is -0.451 e. The average molecular weight is 318 g/mol. The second-order valence-corrected chi connectivity index (χ2v) is 5.16. The number of rotatable bonds is 6. The van der Waals surface area contributed by atoms with Gasteiger partial charge in [-0.2, -0.15) is 0 Å². The summed E-state index contributed by atoms with van der Waals surface area (Å²) >= 11 is 0. The van der Waals surface area contributed by atoms with Crippen molar-refractivity contribution < 1.29 is 23.9 Å². The lowest BCUT2D eigenvalue weighted by molar-refractivity contribution is -0.153. The van der Waals surface area contributed by atoms with E-state index in [-0.39, 0.29) is 5.56 Å². The molecule has 0 unspecified atom stereocenters. The molecule has 1 N–H and O–H groups in total. The number of benzene rings is 1. The van der Waals surface area contributed by atoms with E-state index in [0.29, 0.717) is 12.2 Å². The number of carbonyl (C=O) groups excluding carboxylic acids is 4. The Morgan fingerprint density at radius 2 is 1.96 bits per heavy atom. The maximum absolute atomic E-state index is 11.9. The van der Waals surface area contributed by atoms with Crippen LogP contribution in [-0.2, 0) is 19.1 Å². The van der Waals surface area contributed by atoms with Gasteiger partial charge in [0.2, 0.25) is 0 Å². The highest BCUT2D eigenvalue weighted by molar-refractivity contribution is 6.52. The van der Waals surface area contributed by atoms with E-state index < -0.39 is 36.2 Å². The predicted molar refractivity (Wildman–Crippen MR) is 82.0 cm³/mol. The fraction of sp³-hybridized carbons (Fsp3) is 0.375. The van der Waals surface area contributed by atoms with Crippen molar-refractivity contribution in [3.05, 3.63) is 29.8 Å². The van der Waals surface area contributed by atoms with Crippen LogP contribution in [0.4, 0.5) is 5.69 Å². The van der Waals surface area contributed by atoms with E-state index in [4.69, 9.17) is 4.74 Å². The van der Waals surface area contributed by atoms with Gasteiger partial charge in [-0.3, -0.25) is 24.1 Å². The number of fused-ring (bicyclic) bond motifs is 1. The Balaban J connectivity index is 2.00. The number of ether oxygens (including phenoxy) is 1. The van der Waals surface area contributed by atoms with Crippen molar-refractivity contribution in [1.29, 1.82) is 0 Å². The van der Waals surface area contributed by atoms with Crippen LogP contribution in [0.5, 0.6) is 0 Å². The summed E-state index contributed by atoms with van der Waals surface area (Å²) in [5.41, 5.74) is 0.640. The van der Waals surface area contributed by atoms with Gasteiger partial charge in [0.05, 0.1) is 11.3 Å². The Bertz CT molecular complexity index is 656. The molecule has 0 fully saturated rings. The van der Waals surface area contributed by atoms with Gasteiger partial charge >= 0.3 is 5.97 Å². The number of nitrogens with one attached hydrogen (secondary N) is 1. The van der Waals surface area contributed by atoms with E-state index in [1.165, 1.54) is 13.0 Å². The molecule has 1 aromatic rings. The van der Waals surface area contributed by atoms with Crippen molar-refractivity contribution in [3.63, 3.8) is 0 Å². The number of ketones is 1. The summed E-state index contributed by atoms with van der Waals surface area (Å²) in [5, 5.41) is 2.61. The van der Waals surface area contributed by atoms with Crippen LogP contribution in [0, 0.1) is 0 Å². The van der Waals surface area contributed by atoms with E-state index in [0.717, 1.165) is 11.3 Å². The number of anilines is 1. The first-order valence-electron chi connectivity index (χ1n) is 7.38. The van der Waals surface area contributed by atoms with Crippen LogP contribution < -0.4 is 10.2 Å². The fourth-order valence-corrected chi connectivity index (χ4v) is 2.21. The van der Waals surface area contributed by atoms with Crippen LogP contribution in [0.15, 0.2) is 24.3 Å². The zero-order valence-corrected chi connectivity index (χ0v) is 13.0. The first-order valence-corrected chi connectivity index (χ1v) is 7.38. The molecule has 0 spiro atoms. The highest BCUT2D eigenvalue weighted by atomic mass is 16.5. The number of amides is 2. The summed E-state index contributed by atoms with van der Waals surface area (Å²) < 4.78 is 5.01. The Morgan fingerprint density at radius 3 is 2.65 bits per heavy atom. The molecular formula is C16H18N2O5. The average Bonchev–Trinajstić information content (AvgIpc) is 2.78. The molecule has 122 valence electrons. The predicted octanol–water partition coefficient (Wildman–Crippen LogP) is 0.674. The van der Waals surface area contributed by atoms with E-state index in [1.54, 1.807) is 18.2 Å². The SMILES string of the molecule is CCCNC(=O)[C@@H](C)OC(=O)CN1C(=O)C(=O)c2ccccc21. The van der Waals surface area contributed by atoms with Crippen LogP contribution >= 0.6 is 0 Å². The molecule has 0 saturated carbocycles. The summed E-state index contributed by atoms with van der Waals surface area (Å²) in [5.74, 6) is -2.57. The van der Waals surface area contributed by atoms with Gasteiger partial charge in [0.15, 0.2) is 6.10 Å². The Morgan fingerprint density at radius 1 is 1.26 bits per heavy atom. The highest BCUT2D eigenvalue weighted by Gasteiger charge is 2.37. The minimum atomic E-state index is -0.960. The second kappa shape index (κ2) is 7.04. The van der Waals surface area contributed by atoms with Crippen LogP contribution in [0.3, 0.4) is 0 Å². The number of hydrogen-bond acceptors (Lipinski definition) is 5. The number of esters is 1. The molecule has 1 aromatic carbocycles. The smallest absolute Gasteiger partial charge is 0.326 e. The molecule has 2 amide bonds. The van der Waals surface area contributed by atoms with Crippen molar-refractivity contribution in [2.75, 3.05) is 18.0 Å². The number of carbonyl (C=O) groups is 4. The summed E-state index contributed by atoms with van der Waals surface area (Å²) in [4.78, 5) is 48.5. The number of para-hydroxylation sites is 1. The van der Waals surface area contributed by atoms with Gasteiger partial charge in [-0.1, -0.05) is 19.1 Å². The zero-order valence-electron chi connectivity index (χ0n) is 13.0. The molecular weight excluding hydrogens is 300 g/mol. The Kier molecular flexibility index (Phi) is 5.10. The van der Waals surface area contributed by atoms with Crippen LogP contribution in [0.2, 0.25) is 0 Å². The third kappa shape index (κ3) is 3.56. The van der Waals surface area contributed by atoms with E-state index in [2.05, 4.69) is 5.32 Å². The van der Waals surface area contributed by atoms with E-state index in [9.17, 15) is 19.2 Å². The quantitative estimate of drug-likeness (QED) is 0.615. The van der Waals surface area contributed by atoms with Crippen molar-refractivity contribution in [1.82, 2.24) is 5.32 Å². The van der Waals surface area contributed by atoms with Gasteiger partial charge in [-0.05, 0) is 25.5 Å². The third-order valence-electron chi connectivity index (χ3n) is 3.39. The Hall–Kier alpha value is -2.70. The van der Waals surface area contributed by atoms with E-state index in [1.807, 2.05) is 6.92 Å². The molecule has 7 nitrogen and oxygen atoms in total. The first kappa shape index (κ1) is 16.7. The zero-order chi connectivity index (χ0) is 17.0. The third-order valence-corrected chi connectivity index (χ3v) is 3.39. The van der Waals surface area contributed by atoms with Crippen molar-refractivity contribution in [2.45, 2.75) is 26.4 Å². The standard InChI is InChI=1S/C16H18N2O5/c1-3-8-17-15(21)10(2)23-13(19)9-18-12-7-5-4-6-11(12)14(20)16(18)22/h4-7,10H,3,8-9H2,1-2H3,(H,17,21)/t10-/m1/s1. The molecule has 1 aliphatic rings. The Labute approximate surface area is 133 Å². The lowest BCUT2D eigenvalue weighted by atomic mass is 10.1. The van der Waals surface area contributed by atoms with Crippen molar-refractivity contribution in [2.24, 2.45) is 0 Å². The molecule has 0 aromatic heterocycles. The molecule has 2 rings (SSSR count). The van der Waals surface area contributed by atoms with Gasteiger partial charge in [0, 0.05) is 6.54 Å². The molecule has 0 bridgehead atoms. The summed E-state index contributed by atoms with van der Waals surface area (Å²) in [6.07, 6.45) is -0.189. The van der Waals surface area contributed by atoms with Gasteiger partial charge in [-0.25, -0.2) is 0 Å². The normalized spacial score (nSPS) is 14.4. The van der Waals surface area contributed by atoms with Gasteiger partial charge < -0.3 is 10.1 Å². The fourth-order valence-electron chi connectivity index (χ4n) is 2.21. The first-order chi connectivity index (χ1) is 11.0. The van der Waals surface area contributed by atoms with Gasteiger partial charge in [0.25, 0.3) is 17.6 Å². The number of hydrogen-bond donors (Lipinski definition) is 1. The molecule has 0 saturated heterocycles. The molecule has 1 heterocycles. The summed E-state index contributed by atoms with van der Waals surface area (Å²) in [6.45, 7) is 3.44. The molecule has 7 heteroatoms. The highest BCUT2D eigenvalue weighted by Crippen LogP contribution is 2.28. The number of nitrogens with zero attached hydrogens (tertiary/aromatic N) is 1. The topological polar surface area (TPSA) is 92.8 Å². The van der Waals surface area contributed by atoms with Crippen LogP contribution in [0.1, 0.15) is 30.6 Å². The van der Waals surface area contributed by atoms with E-state index >= 15 is 0 Å². The molecule has 23 heavy (non-hydrogen) atoms. The van der Waals surface area contributed by atoms with Gasteiger partial charge in [0.1, 0.15) is 6.54 Å². The van der Waals surface area contributed by atoms with Crippen LogP contribution in [0.25, 0.3) is 0 Å². The maximum atomic E-state index is 11.9. The summed E-state index contributed by atoms with van der Waals surface area (Å²) in [6, 6.07) is 6.43. The molecule has 1 atom stereocenters. The van der Waals surface area contributed by atoms with Crippen LogP contribution in [-0.4, -0.2) is 42.8 Å². The molecule has 0 radical (unpaired) electrons. The molecule has 1 aliphatic heterocycles.